The van der Waals surface area contributed by atoms with Crippen molar-refractivity contribution in [2.45, 2.75) is 6.92 Å². The molecule has 0 unspecified atom stereocenters. The Morgan fingerprint density at radius 3 is 2.56 bits per heavy atom. The molecule has 1 fully saturated rings. The van der Waals surface area contributed by atoms with Crippen LogP contribution in [0.25, 0.3) is 0 Å². The minimum absolute atomic E-state index is 0.0173. The molecule has 0 N–H and O–H groups in total. The number of hydrogen-bond donors (Lipinski definition) is 0. The van der Waals surface area contributed by atoms with Crippen LogP contribution in [-0.4, -0.2) is 48.6 Å². The molecule has 2 heterocycles. The number of aryl methyl sites for hydroxylation is 1. The van der Waals surface area contributed by atoms with E-state index in [9.17, 15) is 4.79 Å². The van der Waals surface area contributed by atoms with Crippen molar-refractivity contribution in [2.75, 3.05) is 37.7 Å². The van der Waals surface area contributed by atoms with E-state index in [0.717, 1.165) is 24.5 Å². The van der Waals surface area contributed by atoms with E-state index in [-0.39, 0.29) is 12.5 Å². The highest BCUT2D eigenvalue weighted by Crippen LogP contribution is 2.21. The van der Waals surface area contributed by atoms with Crippen molar-refractivity contribution in [3.8, 4) is 5.75 Å². The number of amides is 1. The number of carbonyl (C=O) groups is 1. The zero-order valence-corrected chi connectivity index (χ0v) is 15.4. The molecule has 1 saturated heterocycles. The summed E-state index contributed by atoms with van der Waals surface area (Å²) in [4.78, 5) is 20.6. The number of hydrogen-bond acceptors (Lipinski definition) is 4. The van der Waals surface area contributed by atoms with Crippen molar-refractivity contribution >= 4 is 34.9 Å². The second-order valence-corrected chi connectivity index (χ2v) is 6.75. The number of pyridine rings is 1. The first-order chi connectivity index (χ1) is 12.0. The predicted molar refractivity (Wildman–Crippen MR) is 99.7 cm³/mol. The van der Waals surface area contributed by atoms with Crippen LogP contribution in [0.15, 0.2) is 36.5 Å². The Labute approximate surface area is 157 Å². The first kappa shape index (κ1) is 17.8. The van der Waals surface area contributed by atoms with Gasteiger partial charge in [0.25, 0.3) is 5.91 Å². The Hall–Kier alpha value is -1.98. The van der Waals surface area contributed by atoms with Gasteiger partial charge in [-0.2, -0.15) is 0 Å². The van der Waals surface area contributed by atoms with Gasteiger partial charge in [-0.15, -0.1) is 0 Å². The molecular formula is C18H19Cl2N3O2. The zero-order chi connectivity index (χ0) is 17.8. The van der Waals surface area contributed by atoms with Crippen LogP contribution in [0.4, 0.5) is 5.82 Å². The molecule has 0 radical (unpaired) electrons. The highest BCUT2D eigenvalue weighted by Gasteiger charge is 2.22. The standard InChI is InChI=1S/C18H19Cl2N3O2/c1-13-10-15(3-4-16(13)20)25-12-18(24)23-8-6-22(7-9-23)17-5-2-14(19)11-21-17/h2-5,10-11H,6-9,12H2,1H3. The van der Waals surface area contributed by atoms with E-state index in [2.05, 4.69) is 9.88 Å². The van der Waals surface area contributed by atoms with Crippen LogP contribution in [0.1, 0.15) is 5.56 Å². The van der Waals surface area contributed by atoms with E-state index in [0.29, 0.717) is 28.9 Å². The van der Waals surface area contributed by atoms with Crippen LogP contribution < -0.4 is 9.64 Å². The van der Waals surface area contributed by atoms with Gasteiger partial charge in [0.1, 0.15) is 11.6 Å². The lowest BCUT2D eigenvalue weighted by Crippen LogP contribution is -2.50. The summed E-state index contributed by atoms with van der Waals surface area (Å²) in [6, 6.07) is 9.09. The molecule has 3 rings (SSSR count). The lowest BCUT2D eigenvalue weighted by atomic mass is 10.2. The van der Waals surface area contributed by atoms with Gasteiger partial charge in [0.2, 0.25) is 0 Å². The summed E-state index contributed by atoms with van der Waals surface area (Å²) in [5, 5.41) is 1.30. The summed E-state index contributed by atoms with van der Waals surface area (Å²) in [5.74, 6) is 1.51. The molecule has 5 nitrogen and oxygen atoms in total. The van der Waals surface area contributed by atoms with E-state index < -0.39 is 0 Å². The topological polar surface area (TPSA) is 45.7 Å². The van der Waals surface area contributed by atoms with Crippen LogP contribution in [-0.2, 0) is 4.79 Å². The molecule has 0 spiro atoms. The van der Waals surface area contributed by atoms with Crippen LogP contribution in [0.2, 0.25) is 10.0 Å². The highest BCUT2D eigenvalue weighted by atomic mass is 35.5. The van der Waals surface area contributed by atoms with E-state index in [4.69, 9.17) is 27.9 Å². The first-order valence-corrected chi connectivity index (χ1v) is 8.82. The summed E-state index contributed by atoms with van der Waals surface area (Å²) in [7, 11) is 0. The van der Waals surface area contributed by atoms with Gasteiger partial charge in [-0.1, -0.05) is 23.2 Å². The van der Waals surface area contributed by atoms with Crippen molar-refractivity contribution in [3.05, 3.63) is 52.1 Å². The van der Waals surface area contributed by atoms with Gasteiger partial charge in [0, 0.05) is 37.4 Å². The van der Waals surface area contributed by atoms with Crippen LogP contribution in [0.5, 0.6) is 5.75 Å². The predicted octanol–water partition coefficient (Wildman–Crippen LogP) is 3.42. The summed E-state index contributed by atoms with van der Waals surface area (Å²) in [5.41, 5.74) is 0.927. The number of halogens is 2. The number of rotatable bonds is 4. The average molecular weight is 380 g/mol. The zero-order valence-electron chi connectivity index (χ0n) is 13.9. The second-order valence-electron chi connectivity index (χ2n) is 5.90. The number of aromatic nitrogens is 1. The van der Waals surface area contributed by atoms with E-state index >= 15 is 0 Å². The van der Waals surface area contributed by atoms with E-state index in [1.807, 2.05) is 30.0 Å². The number of nitrogens with zero attached hydrogens (tertiary/aromatic N) is 3. The van der Waals surface area contributed by atoms with Crippen LogP contribution in [0, 0.1) is 6.92 Å². The smallest absolute Gasteiger partial charge is 0.260 e. The molecule has 25 heavy (non-hydrogen) atoms. The fourth-order valence-electron chi connectivity index (χ4n) is 2.68. The molecule has 0 saturated carbocycles. The van der Waals surface area contributed by atoms with Gasteiger partial charge in [-0.25, -0.2) is 4.98 Å². The molecule has 1 aliphatic rings. The first-order valence-electron chi connectivity index (χ1n) is 8.06. The summed E-state index contributed by atoms with van der Waals surface area (Å²) in [6.07, 6.45) is 1.64. The molecule has 1 aliphatic heterocycles. The molecule has 7 heteroatoms. The molecule has 2 aromatic rings. The van der Waals surface area contributed by atoms with Gasteiger partial charge in [0.15, 0.2) is 6.61 Å². The third-order valence-corrected chi connectivity index (χ3v) is 4.81. The van der Waals surface area contributed by atoms with Crippen molar-refractivity contribution in [1.29, 1.82) is 0 Å². The van der Waals surface area contributed by atoms with Gasteiger partial charge >= 0.3 is 0 Å². The van der Waals surface area contributed by atoms with Gasteiger partial charge in [-0.3, -0.25) is 4.79 Å². The van der Waals surface area contributed by atoms with Crippen molar-refractivity contribution in [3.63, 3.8) is 0 Å². The van der Waals surface area contributed by atoms with E-state index in [1.54, 1.807) is 18.3 Å². The van der Waals surface area contributed by atoms with Gasteiger partial charge in [-0.05, 0) is 42.8 Å². The van der Waals surface area contributed by atoms with Crippen molar-refractivity contribution in [1.82, 2.24) is 9.88 Å². The minimum atomic E-state index is -0.0173. The Balaban J connectivity index is 1.49. The van der Waals surface area contributed by atoms with Crippen LogP contribution >= 0.6 is 23.2 Å². The lowest BCUT2D eigenvalue weighted by Gasteiger charge is -2.35. The normalized spacial score (nSPS) is 14.5. The largest absolute Gasteiger partial charge is 0.484 e. The van der Waals surface area contributed by atoms with Gasteiger partial charge in [0.05, 0.1) is 5.02 Å². The second kappa shape index (κ2) is 7.93. The van der Waals surface area contributed by atoms with E-state index in [1.165, 1.54) is 0 Å². The Kier molecular flexibility index (Phi) is 5.66. The number of benzene rings is 1. The Morgan fingerprint density at radius 1 is 1.16 bits per heavy atom. The Bertz CT molecular complexity index is 744. The fourth-order valence-corrected chi connectivity index (χ4v) is 2.91. The third-order valence-electron chi connectivity index (χ3n) is 4.16. The third kappa shape index (κ3) is 4.55. The van der Waals surface area contributed by atoms with Crippen molar-refractivity contribution in [2.24, 2.45) is 0 Å². The van der Waals surface area contributed by atoms with Crippen molar-refractivity contribution < 1.29 is 9.53 Å². The maximum Gasteiger partial charge on any atom is 0.260 e. The number of ether oxygens (including phenoxy) is 1. The molecule has 1 aromatic heterocycles. The lowest BCUT2D eigenvalue weighted by molar-refractivity contribution is -0.133. The number of carbonyl (C=O) groups excluding carboxylic acids is 1. The average Bonchev–Trinajstić information content (AvgIpc) is 2.63. The summed E-state index contributed by atoms with van der Waals surface area (Å²) < 4.78 is 5.59. The molecule has 1 aromatic carbocycles. The maximum atomic E-state index is 12.3. The molecule has 0 bridgehead atoms. The fraction of sp³-hybridized carbons (Fsp3) is 0.333. The summed E-state index contributed by atoms with van der Waals surface area (Å²) in [6.45, 7) is 4.69. The molecule has 132 valence electrons. The molecular weight excluding hydrogens is 361 g/mol. The van der Waals surface area contributed by atoms with Gasteiger partial charge < -0.3 is 14.5 Å². The summed E-state index contributed by atoms with van der Waals surface area (Å²) >= 11 is 11.9. The maximum absolute atomic E-state index is 12.3. The molecule has 0 aliphatic carbocycles. The SMILES string of the molecule is Cc1cc(OCC(=O)N2CCN(c3ccc(Cl)cn3)CC2)ccc1Cl. The monoisotopic (exact) mass is 379 g/mol. The Morgan fingerprint density at radius 2 is 1.92 bits per heavy atom. The number of piperazine rings is 1. The molecule has 1 amide bonds. The minimum Gasteiger partial charge on any atom is -0.484 e. The quantitative estimate of drug-likeness (QED) is 0.816. The van der Waals surface area contributed by atoms with Crippen LogP contribution in [0.3, 0.4) is 0 Å². The highest BCUT2D eigenvalue weighted by molar-refractivity contribution is 6.31. The molecule has 0 atom stereocenters. The number of anilines is 1.